The molecular formula is C22H20O2. The Labute approximate surface area is 142 Å². The van der Waals surface area contributed by atoms with E-state index in [2.05, 4.69) is 30.4 Å². The lowest BCUT2D eigenvalue weighted by Gasteiger charge is -2.19. The van der Waals surface area contributed by atoms with Crippen molar-refractivity contribution in [3.05, 3.63) is 83.4 Å². The molecule has 0 heterocycles. The first kappa shape index (κ1) is 14.9. The highest BCUT2D eigenvalue weighted by Gasteiger charge is 2.40. The van der Waals surface area contributed by atoms with Crippen molar-refractivity contribution >= 4 is 11.4 Å². The molecule has 1 saturated carbocycles. The van der Waals surface area contributed by atoms with Crippen molar-refractivity contribution in [2.24, 2.45) is 11.8 Å². The van der Waals surface area contributed by atoms with Gasteiger partial charge in [0.15, 0.2) is 5.78 Å². The molecule has 2 heteroatoms. The zero-order valence-electron chi connectivity index (χ0n) is 13.7. The smallest absolute Gasteiger partial charge is 0.160 e. The number of ketones is 1. The number of benzene rings is 2. The quantitative estimate of drug-likeness (QED) is 0.608. The molecule has 24 heavy (non-hydrogen) atoms. The Morgan fingerprint density at radius 2 is 1.79 bits per heavy atom. The first-order chi connectivity index (χ1) is 11.8. The van der Waals surface area contributed by atoms with Crippen molar-refractivity contribution in [1.82, 2.24) is 0 Å². The van der Waals surface area contributed by atoms with Crippen LogP contribution in [0.2, 0.25) is 0 Å². The summed E-state index contributed by atoms with van der Waals surface area (Å²) < 4.78 is 5.59. The zero-order chi connectivity index (χ0) is 16.5. The van der Waals surface area contributed by atoms with Gasteiger partial charge in [-0.1, -0.05) is 60.7 Å². The van der Waals surface area contributed by atoms with E-state index in [-0.39, 0.29) is 5.78 Å². The van der Waals surface area contributed by atoms with E-state index in [1.54, 1.807) is 7.11 Å². The van der Waals surface area contributed by atoms with Crippen LogP contribution in [0.1, 0.15) is 24.0 Å². The lowest BCUT2D eigenvalue weighted by Crippen LogP contribution is -2.07. The topological polar surface area (TPSA) is 26.3 Å². The Hall–Kier alpha value is -2.61. The highest BCUT2D eigenvalue weighted by molar-refractivity contribution is 6.09. The van der Waals surface area contributed by atoms with Gasteiger partial charge in [-0.25, -0.2) is 0 Å². The van der Waals surface area contributed by atoms with Gasteiger partial charge in [-0.3, -0.25) is 4.79 Å². The van der Waals surface area contributed by atoms with Crippen molar-refractivity contribution in [2.45, 2.75) is 12.8 Å². The number of ether oxygens (including phenoxy) is 1. The second-order valence-electron chi connectivity index (χ2n) is 6.42. The molecular weight excluding hydrogens is 296 g/mol. The molecule has 1 fully saturated rings. The van der Waals surface area contributed by atoms with Gasteiger partial charge in [0, 0.05) is 17.6 Å². The highest BCUT2D eigenvalue weighted by atomic mass is 16.5. The summed E-state index contributed by atoms with van der Waals surface area (Å²) in [6, 6.07) is 18.2. The molecule has 2 aromatic rings. The number of hydrogen-bond acceptors (Lipinski definition) is 2. The van der Waals surface area contributed by atoms with E-state index in [9.17, 15) is 4.79 Å². The van der Waals surface area contributed by atoms with Crippen molar-refractivity contribution in [2.75, 3.05) is 7.11 Å². The van der Waals surface area contributed by atoms with Crippen LogP contribution in [0.4, 0.5) is 0 Å². The van der Waals surface area contributed by atoms with E-state index in [0.717, 1.165) is 34.4 Å². The summed E-state index contributed by atoms with van der Waals surface area (Å²) in [7, 11) is 1.68. The summed E-state index contributed by atoms with van der Waals surface area (Å²) in [6.07, 6.45) is 6.01. The van der Waals surface area contributed by atoms with Gasteiger partial charge in [0.2, 0.25) is 0 Å². The molecule has 2 aliphatic carbocycles. The van der Waals surface area contributed by atoms with Gasteiger partial charge in [0.05, 0.1) is 7.11 Å². The maximum atomic E-state index is 12.8. The van der Waals surface area contributed by atoms with E-state index in [4.69, 9.17) is 4.74 Å². The molecule has 120 valence electrons. The predicted octanol–water partition coefficient (Wildman–Crippen LogP) is 4.66. The normalized spacial score (nSPS) is 24.1. The molecule has 2 nitrogen and oxygen atoms in total. The third kappa shape index (κ3) is 2.39. The number of methoxy groups -OCH3 is 1. The highest BCUT2D eigenvalue weighted by Crippen LogP contribution is 2.47. The molecule has 0 amide bonds. The number of fused-ring (bicyclic) bond motifs is 1. The van der Waals surface area contributed by atoms with Gasteiger partial charge in [0.25, 0.3) is 0 Å². The molecule has 0 saturated heterocycles. The molecule has 0 bridgehead atoms. The largest absolute Gasteiger partial charge is 0.496 e. The molecule has 0 N–H and O–H groups in total. The lowest BCUT2D eigenvalue weighted by atomic mass is 9.85. The van der Waals surface area contributed by atoms with E-state index in [0.29, 0.717) is 18.3 Å². The molecule has 0 aromatic heterocycles. The van der Waals surface area contributed by atoms with Crippen LogP contribution >= 0.6 is 0 Å². The third-order valence-corrected chi connectivity index (χ3v) is 5.09. The van der Waals surface area contributed by atoms with E-state index < -0.39 is 0 Å². The summed E-state index contributed by atoms with van der Waals surface area (Å²) in [5.74, 6) is 1.75. The lowest BCUT2D eigenvalue weighted by molar-refractivity contribution is -0.114. The van der Waals surface area contributed by atoms with E-state index in [1.807, 2.05) is 36.4 Å². The first-order valence-electron chi connectivity index (χ1n) is 8.42. The third-order valence-electron chi connectivity index (χ3n) is 5.09. The molecule has 2 atom stereocenters. The SMILES string of the molecule is COc1ccccc1/C(=C1/C(=O)CC2C=CCC12)c1ccccc1. The molecule has 2 aliphatic rings. The van der Waals surface area contributed by atoms with E-state index >= 15 is 0 Å². The number of allylic oxidation sites excluding steroid dienone is 3. The van der Waals surface area contributed by atoms with Crippen LogP contribution in [0, 0.1) is 11.8 Å². The van der Waals surface area contributed by atoms with Gasteiger partial charge in [-0.2, -0.15) is 0 Å². The Bertz CT molecular complexity index is 830. The van der Waals surface area contributed by atoms with Crippen LogP contribution < -0.4 is 4.74 Å². The average molecular weight is 316 g/mol. The Kier molecular flexibility index (Phi) is 3.81. The van der Waals surface area contributed by atoms with Crippen LogP contribution in [0.3, 0.4) is 0 Å². The van der Waals surface area contributed by atoms with Crippen LogP contribution in [-0.2, 0) is 4.79 Å². The summed E-state index contributed by atoms with van der Waals surface area (Å²) in [4.78, 5) is 12.8. The Morgan fingerprint density at radius 1 is 1.04 bits per heavy atom. The number of para-hydroxylation sites is 1. The number of hydrogen-bond donors (Lipinski definition) is 0. The molecule has 2 unspecified atom stereocenters. The van der Waals surface area contributed by atoms with Crippen LogP contribution in [-0.4, -0.2) is 12.9 Å². The van der Waals surface area contributed by atoms with Crippen LogP contribution in [0.25, 0.3) is 5.57 Å². The number of carbonyl (C=O) groups is 1. The second-order valence-corrected chi connectivity index (χ2v) is 6.42. The Balaban J connectivity index is 1.98. The van der Waals surface area contributed by atoms with Crippen molar-refractivity contribution in [3.63, 3.8) is 0 Å². The number of carbonyl (C=O) groups excluding carboxylic acids is 1. The molecule has 4 rings (SSSR count). The molecule has 0 aliphatic heterocycles. The summed E-state index contributed by atoms with van der Waals surface area (Å²) in [5.41, 5.74) is 4.09. The maximum absolute atomic E-state index is 12.8. The molecule has 2 aromatic carbocycles. The van der Waals surface area contributed by atoms with Crippen LogP contribution in [0.5, 0.6) is 5.75 Å². The van der Waals surface area contributed by atoms with Crippen molar-refractivity contribution in [1.29, 1.82) is 0 Å². The minimum absolute atomic E-state index is 0.277. The maximum Gasteiger partial charge on any atom is 0.160 e. The number of rotatable bonds is 3. The predicted molar refractivity (Wildman–Crippen MR) is 95.8 cm³/mol. The van der Waals surface area contributed by atoms with E-state index in [1.165, 1.54) is 0 Å². The summed E-state index contributed by atoms with van der Waals surface area (Å²) in [6.45, 7) is 0. The van der Waals surface area contributed by atoms with Gasteiger partial charge < -0.3 is 4.74 Å². The Morgan fingerprint density at radius 3 is 2.58 bits per heavy atom. The van der Waals surface area contributed by atoms with Gasteiger partial charge >= 0.3 is 0 Å². The molecule has 0 spiro atoms. The monoisotopic (exact) mass is 316 g/mol. The zero-order valence-corrected chi connectivity index (χ0v) is 13.7. The van der Waals surface area contributed by atoms with Crippen molar-refractivity contribution < 1.29 is 9.53 Å². The van der Waals surface area contributed by atoms with Gasteiger partial charge in [-0.05, 0) is 35.5 Å². The summed E-state index contributed by atoms with van der Waals surface area (Å²) in [5, 5.41) is 0. The summed E-state index contributed by atoms with van der Waals surface area (Å²) >= 11 is 0. The molecule has 0 radical (unpaired) electrons. The average Bonchev–Trinajstić information content (AvgIpc) is 3.18. The van der Waals surface area contributed by atoms with Gasteiger partial charge in [0.1, 0.15) is 5.75 Å². The second kappa shape index (κ2) is 6.12. The minimum Gasteiger partial charge on any atom is -0.496 e. The van der Waals surface area contributed by atoms with Crippen molar-refractivity contribution in [3.8, 4) is 5.75 Å². The fourth-order valence-electron chi connectivity index (χ4n) is 4.02. The fourth-order valence-corrected chi connectivity index (χ4v) is 4.02. The standard InChI is InChI=1S/C22H20O2/c1-24-20-13-6-5-11-18(20)21(15-8-3-2-4-9-15)22-17-12-7-10-16(17)14-19(22)23/h2-11,13,16-17H,12,14H2,1H3/b22-21+. The minimum atomic E-state index is 0.277. The first-order valence-corrected chi connectivity index (χ1v) is 8.42. The fraction of sp³-hybridized carbons (Fsp3) is 0.227. The number of Topliss-reactive ketones (excluding diaryl/α,β-unsaturated/α-hetero) is 1. The van der Waals surface area contributed by atoms with Crippen LogP contribution in [0.15, 0.2) is 72.3 Å². The van der Waals surface area contributed by atoms with Gasteiger partial charge in [-0.15, -0.1) is 0 Å².